The summed E-state index contributed by atoms with van der Waals surface area (Å²) >= 11 is 11.9. The van der Waals surface area contributed by atoms with Crippen molar-refractivity contribution in [1.82, 2.24) is 0 Å². The molecule has 1 aliphatic heterocycles. The molecule has 38 heavy (non-hydrogen) atoms. The van der Waals surface area contributed by atoms with E-state index in [4.69, 9.17) is 23.2 Å². The molecule has 0 saturated carbocycles. The van der Waals surface area contributed by atoms with E-state index in [1.807, 2.05) is 0 Å². The second-order valence-electron chi connectivity index (χ2n) is 8.36. The maximum atomic E-state index is 13.4. The van der Waals surface area contributed by atoms with Crippen molar-refractivity contribution in [2.45, 2.75) is 9.79 Å². The third-order valence-corrected chi connectivity index (χ3v) is 9.42. The van der Waals surface area contributed by atoms with E-state index in [9.17, 15) is 21.6 Å². The van der Waals surface area contributed by atoms with Crippen LogP contribution >= 0.6 is 23.2 Å². The summed E-state index contributed by atoms with van der Waals surface area (Å²) in [6.45, 7) is -0.467. The highest BCUT2D eigenvalue weighted by Gasteiger charge is 2.35. The zero-order valence-corrected chi connectivity index (χ0v) is 22.6. The average molecular weight is 588 g/mol. The monoisotopic (exact) mass is 587 g/mol. The Bertz CT molecular complexity index is 1760. The molecule has 4 aromatic carbocycles. The van der Waals surface area contributed by atoms with Crippen LogP contribution in [0.25, 0.3) is 11.1 Å². The first-order chi connectivity index (χ1) is 18.0. The summed E-state index contributed by atoms with van der Waals surface area (Å²) in [6.07, 6.45) is 0. The predicted octanol–water partition coefficient (Wildman–Crippen LogP) is 5.61. The lowest BCUT2D eigenvalue weighted by molar-refractivity contribution is -0.114. The Morgan fingerprint density at radius 2 is 1.39 bits per heavy atom. The zero-order valence-electron chi connectivity index (χ0n) is 19.4. The number of sulfonamides is 2. The molecule has 8 nitrogen and oxygen atoms in total. The molecule has 0 atom stereocenters. The molecule has 0 bridgehead atoms. The summed E-state index contributed by atoms with van der Waals surface area (Å²) in [5, 5.41) is 3.18. The molecule has 0 fully saturated rings. The summed E-state index contributed by atoms with van der Waals surface area (Å²) in [5.74, 6) is -0.593. The van der Waals surface area contributed by atoms with Gasteiger partial charge in [-0.1, -0.05) is 59.6 Å². The fourth-order valence-electron chi connectivity index (χ4n) is 4.13. The Balaban J connectivity index is 1.33. The Morgan fingerprint density at radius 3 is 2.08 bits per heavy atom. The van der Waals surface area contributed by atoms with Crippen molar-refractivity contribution in [3.8, 4) is 11.1 Å². The number of hydrogen-bond donors (Lipinski definition) is 2. The molecule has 1 amide bonds. The van der Waals surface area contributed by atoms with Gasteiger partial charge >= 0.3 is 0 Å². The van der Waals surface area contributed by atoms with Gasteiger partial charge in [0.25, 0.3) is 20.0 Å². The van der Waals surface area contributed by atoms with Gasteiger partial charge in [0.1, 0.15) is 6.54 Å². The van der Waals surface area contributed by atoms with E-state index in [1.165, 1.54) is 48.5 Å². The van der Waals surface area contributed by atoms with Crippen molar-refractivity contribution in [2.75, 3.05) is 20.9 Å². The van der Waals surface area contributed by atoms with Crippen LogP contribution in [0.3, 0.4) is 0 Å². The second-order valence-corrected chi connectivity index (χ2v) is 12.7. The van der Waals surface area contributed by atoms with Gasteiger partial charge in [-0.05, 0) is 54.6 Å². The number of halogens is 2. The van der Waals surface area contributed by atoms with E-state index in [0.717, 1.165) is 4.31 Å². The van der Waals surface area contributed by atoms with E-state index in [2.05, 4.69) is 10.0 Å². The topological polar surface area (TPSA) is 113 Å². The minimum atomic E-state index is -3.98. The molecule has 0 unspecified atom stereocenters. The number of nitrogens with zero attached hydrogens (tertiary/aromatic N) is 1. The van der Waals surface area contributed by atoms with Crippen molar-refractivity contribution >= 4 is 66.2 Å². The molecule has 0 aromatic heterocycles. The highest BCUT2D eigenvalue weighted by Crippen LogP contribution is 2.42. The van der Waals surface area contributed by atoms with E-state index in [0.29, 0.717) is 22.5 Å². The average Bonchev–Trinajstić information content (AvgIpc) is 2.86. The molecule has 1 aliphatic rings. The minimum Gasteiger partial charge on any atom is -0.325 e. The number of amides is 1. The number of para-hydroxylation sites is 1. The van der Waals surface area contributed by atoms with E-state index in [-0.39, 0.29) is 25.5 Å². The van der Waals surface area contributed by atoms with Gasteiger partial charge in [-0.2, -0.15) is 0 Å². The molecular weight excluding hydrogens is 569 g/mol. The van der Waals surface area contributed by atoms with Crippen LogP contribution in [-0.4, -0.2) is 29.3 Å². The first kappa shape index (κ1) is 26.1. The fourth-order valence-corrected chi connectivity index (χ4v) is 7.34. The van der Waals surface area contributed by atoms with Crippen LogP contribution in [0.15, 0.2) is 101 Å². The first-order valence-corrected chi connectivity index (χ1v) is 14.8. The van der Waals surface area contributed by atoms with Crippen molar-refractivity contribution < 1.29 is 21.6 Å². The molecule has 4 aromatic rings. The van der Waals surface area contributed by atoms with E-state index in [1.54, 1.807) is 42.5 Å². The summed E-state index contributed by atoms with van der Waals surface area (Å²) in [7, 11) is -7.94. The number of carbonyl (C=O) groups is 1. The molecular formula is C26H19Cl2N3O5S2. The molecule has 5 rings (SSSR count). The molecule has 12 heteroatoms. The Morgan fingerprint density at radius 1 is 0.789 bits per heavy atom. The number of carbonyl (C=O) groups excluding carboxylic acids is 1. The molecule has 2 N–H and O–H groups in total. The molecule has 0 radical (unpaired) electrons. The highest BCUT2D eigenvalue weighted by molar-refractivity contribution is 7.93. The van der Waals surface area contributed by atoms with E-state index < -0.39 is 32.5 Å². The summed E-state index contributed by atoms with van der Waals surface area (Å²) in [5.41, 5.74) is 2.17. The van der Waals surface area contributed by atoms with Crippen LogP contribution in [-0.2, 0) is 24.8 Å². The maximum absolute atomic E-state index is 13.4. The standard InChI is InChI=1S/C26H19Cl2N3O5S2/c27-17-13-18(28)15-20(14-17)30-37(33,34)21-11-9-19(10-12-21)29-26(32)16-31-24-7-3-1-5-22(24)23-6-2-4-8-25(23)38(31,35)36/h1-15,30H,16H2,(H,29,32). The van der Waals surface area contributed by atoms with Crippen LogP contribution in [0.1, 0.15) is 0 Å². The largest absolute Gasteiger partial charge is 0.325 e. The Hall–Kier alpha value is -3.57. The third kappa shape index (κ3) is 5.08. The van der Waals surface area contributed by atoms with Gasteiger partial charge in [0, 0.05) is 26.9 Å². The molecule has 1 heterocycles. The van der Waals surface area contributed by atoms with Crippen molar-refractivity contribution in [3.05, 3.63) is 101 Å². The van der Waals surface area contributed by atoms with Gasteiger partial charge < -0.3 is 5.32 Å². The smallest absolute Gasteiger partial charge is 0.265 e. The second kappa shape index (κ2) is 9.95. The Kier molecular flexibility index (Phi) is 6.83. The van der Waals surface area contributed by atoms with Crippen molar-refractivity contribution in [3.63, 3.8) is 0 Å². The lowest BCUT2D eigenvalue weighted by Crippen LogP contribution is -2.40. The number of fused-ring (bicyclic) bond motifs is 3. The molecule has 0 aliphatic carbocycles. The normalized spacial score (nSPS) is 13.8. The number of anilines is 3. The van der Waals surface area contributed by atoms with Gasteiger partial charge in [0.2, 0.25) is 5.91 Å². The minimum absolute atomic E-state index is 0.0595. The first-order valence-electron chi connectivity index (χ1n) is 11.1. The number of nitrogens with one attached hydrogen (secondary N) is 2. The van der Waals surface area contributed by atoms with Gasteiger partial charge in [0.15, 0.2) is 0 Å². The number of hydrogen-bond acceptors (Lipinski definition) is 5. The zero-order chi connectivity index (χ0) is 27.1. The highest BCUT2D eigenvalue weighted by atomic mass is 35.5. The third-order valence-electron chi connectivity index (χ3n) is 5.77. The lowest BCUT2D eigenvalue weighted by Gasteiger charge is -2.31. The number of benzene rings is 4. The lowest BCUT2D eigenvalue weighted by atomic mass is 10.0. The van der Waals surface area contributed by atoms with Crippen LogP contribution in [0.4, 0.5) is 17.1 Å². The molecule has 0 spiro atoms. The summed E-state index contributed by atoms with van der Waals surface area (Å²) in [6, 6.07) is 23.4. The van der Waals surface area contributed by atoms with Crippen LogP contribution in [0.2, 0.25) is 10.0 Å². The number of rotatable bonds is 6. The van der Waals surface area contributed by atoms with Gasteiger partial charge in [-0.15, -0.1) is 0 Å². The maximum Gasteiger partial charge on any atom is 0.265 e. The Labute approximate surface area is 229 Å². The van der Waals surface area contributed by atoms with E-state index >= 15 is 0 Å². The van der Waals surface area contributed by atoms with Crippen molar-refractivity contribution in [1.29, 1.82) is 0 Å². The van der Waals surface area contributed by atoms with Crippen LogP contribution in [0, 0.1) is 0 Å². The van der Waals surface area contributed by atoms with Gasteiger partial charge in [-0.25, -0.2) is 16.8 Å². The molecule has 0 saturated heterocycles. The fraction of sp³-hybridized carbons (Fsp3) is 0.0385. The SMILES string of the molecule is O=C(CN1c2ccccc2-c2ccccc2S1(=O)=O)Nc1ccc(S(=O)(=O)Nc2cc(Cl)cc(Cl)c2)cc1. The predicted molar refractivity (Wildman–Crippen MR) is 149 cm³/mol. The quantitative estimate of drug-likeness (QED) is 0.304. The van der Waals surface area contributed by atoms with Crippen LogP contribution in [0.5, 0.6) is 0 Å². The van der Waals surface area contributed by atoms with Gasteiger partial charge in [-0.3, -0.25) is 13.8 Å². The summed E-state index contributed by atoms with van der Waals surface area (Å²) in [4.78, 5) is 13.0. The molecule has 194 valence electrons. The van der Waals surface area contributed by atoms with Crippen LogP contribution < -0.4 is 14.3 Å². The van der Waals surface area contributed by atoms with Gasteiger partial charge in [0.05, 0.1) is 21.2 Å². The van der Waals surface area contributed by atoms with Crippen molar-refractivity contribution in [2.24, 2.45) is 0 Å². The summed E-state index contributed by atoms with van der Waals surface area (Å²) < 4.78 is 55.7.